The van der Waals surface area contributed by atoms with Crippen LogP contribution in [0.1, 0.15) is 30.5 Å². The van der Waals surface area contributed by atoms with Gasteiger partial charge >= 0.3 is 0 Å². The first-order valence-electron chi connectivity index (χ1n) is 5.47. The molecule has 2 rings (SSSR count). The van der Waals surface area contributed by atoms with Crippen LogP contribution in [0.2, 0.25) is 0 Å². The topological polar surface area (TPSA) is 55.9 Å². The molecule has 0 aliphatic carbocycles. The van der Waals surface area contributed by atoms with Gasteiger partial charge in [-0.25, -0.2) is 5.43 Å². The van der Waals surface area contributed by atoms with Crippen LogP contribution in [0.5, 0.6) is 0 Å². The maximum absolute atomic E-state index is 5.63. The number of hydrogen-bond acceptors (Lipinski definition) is 4. The molecule has 4 nitrogen and oxygen atoms in total. The summed E-state index contributed by atoms with van der Waals surface area (Å²) in [6, 6.07) is 2.08. The SMILES string of the molecule is CCCn1cc(C(NN)c2csc(Br)c2)cn1. The Bertz CT molecular complexity index is 479. The van der Waals surface area contributed by atoms with E-state index in [4.69, 9.17) is 5.84 Å². The minimum absolute atomic E-state index is 0.00292. The summed E-state index contributed by atoms with van der Waals surface area (Å²) in [6.07, 6.45) is 4.98. The third-order valence-corrected chi connectivity index (χ3v) is 4.05. The maximum Gasteiger partial charge on any atom is 0.0749 e. The molecule has 0 radical (unpaired) electrons. The molecule has 0 spiro atoms. The second-order valence-corrected chi connectivity index (χ2v) is 6.11. The Morgan fingerprint density at radius 3 is 3.00 bits per heavy atom. The fourth-order valence-corrected chi connectivity index (χ4v) is 2.94. The Kier molecular flexibility index (Phi) is 4.33. The average molecular weight is 315 g/mol. The van der Waals surface area contributed by atoms with Crippen LogP contribution >= 0.6 is 27.3 Å². The molecule has 0 aromatic carbocycles. The van der Waals surface area contributed by atoms with Gasteiger partial charge in [-0.05, 0) is 39.4 Å². The summed E-state index contributed by atoms with van der Waals surface area (Å²) >= 11 is 5.12. The lowest BCUT2D eigenvalue weighted by Gasteiger charge is -2.12. The summed E-state index contributed by atoms with van der Waals surface area (Å²) in [5, 5.41) is 6.41. The number of thiophene rings is 1. The minimum Gasteiger partial charge on any atom is -0.272 e. The van der Waals surface area contributed by atoms with Crippen molar-refractivity contribution >= 4 is 27.3 Å². The zero-order valence-electron chi connectivity index (χ0n) is 9.56. The molecule has 6 heteroatoms. The first-order chi connectivity index (χ1) is 8.24. The van der Waals surface area contributed by atoms with Crippen LogP contribution in [0.25, 0.3) is 0 Å². The van der Waals surface area contributed by atoms with Gasteiger partial charge in [-0.3, -0.25) is 10.5 Å². The quantitative estimate of drug-likeness (QED) is 0.659. The average Bonchev–Trinajstić information content (AvgIpc) is 2.91. The summed E-state index contributed by atoms with van der Waals surface area (Å²) < 4.78 is 3.05. The zero-order valence-corrected chi connectivity index (χ0v) is 12.0. The van der Waals surface area contributed by atoms with E-state index in [0.29, 0.717) is 0 Å². The molecule has 2 heterocycles. The van der Waals surface area contributed by atoms with E-state index in [2.05, 4.69) is 44.8 Å². The molecule has 2 aromatic rings. The van der Waals surface area contributed by atoms with Crippen molar-refractivity contribution in [3.63, 3.8) is 0 Å². The van der Waals surface area contributed by atoms with Crippen molar-refractivity contribution in [2.75, 3.05) is 0 Å². The standard InChI is InChI=1S/C11H15BrN4S/c1-2-3-16-6-9(5-14-16)11(15-13)8-4-10(12)17-7-8/h4-7,11,15H,2-3,13H2,1H3. The number of hydrogen-bond donors (Lipinski definition) is 2. The van der Waals surface area contributed by atoms with Gasteiger partial charge in [-0.2, -0.15) is 5.10 Å². The maximum atomic E-state index is 5.63. The molecule has 0 saturated heterocycles. The van der Waals surface area contributed by atoms with Gasteiger partial charge < -0.3 is 0 Å². The van der Waals surface area contributed by atoms with Crippen molar-refractivity contribution in [1.82, 2.24) is 15.2 Å². The summed E-state index contributed by atoms with van der Waals surface area (Å²) in [4.78, 5) is 0. The highest BCUT2D eigenvalue weighted by Gasteiger charge is 2.15. The van der Waals surface area contributed by atoms with Crippen molar-refractivity contribution in [3.8, 4) is 0 Å². The number of aryl methyl sites for hydroxylation is 1. The molecule has 0 aliphatic rings. The first kappa shape index (κ1) is 12.8. The van der Waals surface area contributed by atoms with Gasteiger partial charge in [0.2, 0.25) is 0 Å². The molecule has 0 bridgehead atoms. The van der Waals surface area contributed by atoms with Gasteiger partial charge in [0.05, 0.1) is 16.0 Å². The van der Waals surface area contributed by atoms with Gasteiger partial charge in [-0.1, -0.05) is 6.92 Å². The van der Waals surface area contributed by atoms with E-state index in [1.165, 1.54) is 0 Å². The van der Waals surface area contributed by atoms with Crippen LogP contribution < -0.4 is 11.3 Å². The second kappa shape index (κ2) is 5.77. The Morgan fingerprint density at radius 1 is 1.59 bits per heavy atom. The van der Waals surface area contributed by atoms with Gasteiger partial charge in [-0.15, -0.1) is 11.3 Å². The van der Waals surface area contributed by atoms with Crippen LogP contribution in [0.4, 0.5) is 0 Å². The molecular formula is C11H15BrN4S. The lowest BCUT2D eigenvalue weighted by molar-refractivity contribution is 0.598. The van der Waals surface area contributed by atoms with E-state index in [1.807, 2.05) is 17.1 Å². The third-order valence-electron chi connectivity index (χ3n) is 2.53. The fourth-order valence-electron chi connectivity index (χ4n) is 1.74. The van der Waals surface area contributed by atoms with Crippen molar-refractivity contribution in [2.45, 2.75) is 25.9 Å². The first-order valence-corrected chi connectivity index (χ1v) is 7.14. The Balaban J connectivity index is 2.22. The summed E-state index contributed by atoms with van der Waals surface area (Å²) in [6.45, 7) is 3.07. The summed E-state index contributed by atoms with van der Waals surface area (Å²) in [5.74, 6) is 5.63. The number of aromatic nitrogens is 2. The van der Waals surface area contributed by atoms with Crippen molar-refractivity contribution < 1.29 is 0 Å². The molecule has 92 valence electrons. The largest absolute Gasteiger partial charge is 0.272 e. The summed E-state index contributed by atoms with van der Waals surface area (Å²) in [5.41, 5.74) is 5.08. The Morgan fingerprint density at radius 2 is 2.41 bits per heavy atom. The number of nitrogens with zero attached hydrogens (tertiary/aromatic N) is 2. The van der Waals surface area contributed by atoms with E-state index in [0.717, 1.165) is 27.9 Å². The number of halogens is 1. The van der Waals surface area contributed by atoms with Gasteiger partial charge in [0.25, 0.3) is 0 Å². The number of rotatable bonds is 5. The van der Waals surface area contributed by atoms with Gasteiger partial charge in [0.15, 0.2) is 0 Å². The molecule has 17 heavy (non-hydrogen) atoms. The van der Waals surface area contributed by atoms with Crippen molar-refractivity contribution in [2.24, 2.45) is 5.84 Å². The zero-order chi connectivity index (χ0) is 12.3. The highest BCUT2D eigenvalue weighted by atomic mass is 79.9. The Hall–Kier alpha value is -0.690. The van der Waals surface area contributed by atoms with Crippen LogP contribution in [0.3, 0.4) is 0 Å². The number of hydrazine groups is 1. The van der Waals surface area contributed by atoms with Gasteiger partial charge in [0.1, 0.15) is 0 Å². The highest BCUT2D eigenvalue weighted by molar-refractivity contribution is 9.11. The summed E-state index contributed by atoms with van der Waals surface area (Å²) in [7, 11) is 0. The van der Waals surface area contributed by atoms with E-state index in [9.17, 15) is 0 Å². The molecule has 1 atom stereocenters. The lowest BCUT2D eigenvalue weighted by atomic mass is 10.1. The molecule has 1 unspecified atom stereocenters. The predicted octanol–water partition coefficient (Wildman–Crippen LogP) is 2.67. The Labute approximate surface area is 113 Å². The monoisotopic (exact) mass is 314 g/mol. The van der Waals surface area contributed by atoms with Crippen molar-refractivity contribution in [3.05, 3.63) is 38.8 Å². The van der Waals surface area contributed by atoms with E-state index in [-0.39, 0.29) is 6.04 Å². The molecule has 3 N–H and O–H groups in total. The van der Waals surface area contributed by atoms with E-state index >= 15 is 0 Å². The van der Waals surface area contributed by atoms with Crippen LogP contribution in [-0.2, 0) is 6.54 Å². The molecular weight excluding hydrogens is 300 g/mol. The molecule has 2 aromatic heterocycles. The molecule has 0 aliphatic heterocycles. The smallest absolute Gasteiger partial charge is 0.0749 e. The van der Waals surface area contributed by atoms with Gasteiger partial charge in [0, 0.05) is 18.3 Å². The molecule has 0 saturated carbocycles. The highest BCUT2D eigenvalue weighted by Crippen LogP contribution is 2.28. The predicted molar refractivity (Wildman–Crippen MR) is 73.7 cm³/mol. The second-order valence-electron chi connectivity index (χ2n) is 3.82. The van der Waals surface area contributed by atoms with Crippen LogP contribution in [-0.4, -0.2) is 9.78 Å². The number of nitrogens with one attached hydrogen (secondary N) is 1. The lowest BCUT2D eigenvalue weighted by Crippen LogP contribution is -2.28. The van der Waals surface area contributed by atoms with Crippen molar-refractivity contribution in [1.29, 1.82) is 0 Å². The normalized spacial score (nSPS) is 12.9. The fraction of sp³-hybridized carbons (Fsp3) is 0.364. The van der Waals surface area contributed by atoms with Crippen LogP contribution in [0, 0.1) is 0 Å². The molecule has 0 fully saturated rings. The van der Waals surface area contributed by atoms with Crippen LogP contribution in [0.15, 0.2) is 27.6 Å². The van der Waals surface area contributed by atoms with E-state index < -0.39 is 0 Å². The third kappa shape index (κ3) is 2.95. The minimum atomic E-state index is 0.00292. The van der Waals surface area contributed by atoms with E-state index in [1.54, 1.807) is 11.3 Å². The molecule has 0 amide bonds. The number of nitrogens with two attached hydrogens (primary N) is 1.